The van der Waals surface area contributed by atoms with E-state index in [0.29, 0.717) is 13.0 Å². The van der Waals surface area contributed by atoms with Crippen LogP contribution in [-0.2, 0) is 14.3 Å². The average Bonchev–Trinajstić information content (AvgIpc) is 2.45. The van der Waals surface area contributed by atoms with Crippen molar-refractivity contribution in [3.05, 3.63) is 29.8 Å². The molecule has 0 bridgehead atoms. The molecule has 19 heavy (non-hydrogen) atoms. The smallest absolute Gasteiger partial charge is 0.306 e. The zero-order valence-corrected chi connectivity index (χ0v) is 10.8. The van der Waals surface area contributed by atoms with E-state index in [4.69, 9.17) is 0 Å². The van der Waals surface area contributed by atoms with Crippen molar-refractivity contribution in [2.45, 2.75) is 25.4 Å². The molecule has 1 aliphatic heterocycles. The Bertz CT molecular complexity index is 486. The molecule has 5 heteroatoms. The number of para-hydroxylation sites is 1. The molecule has 1 heterocycles. The summed E-state index contributed by atoms with van der Waals surface area (Å²) in [5, 5.41) is 9.91. The SMILES string of the molecule is COC(=O)CCC(=O)N1CCC(O)c2ccccc21. The number of methoxy groups -OCH3 is 1. The van der Waals surface area contributed by atoms with Gasteiger partial charge < -0.3 is 14.7 Å². The summed E-state index contributed by atoms with van der Waals surface area (Å²) < 4.78 is 4.52. The van der Waals surface area contributed by atoms with Gasteiger partial charge in [-0.2, -0.15) is 0 Å². The molecule has 1 aliphatic rings. The monoisotopic (exact) mass is 263 g/mol. The molecule has 0 spiro atoms. The summed E-state index contributed by atoms with van der Waals surface area (Å²) >= 11 is 0. The Hall–Kier alpha value is -1.88. The third-order valence-corrected chi connectivity index (χ3v) is 3.28. The Morgan fingerprint density at radius 3 is 2.84 bits per heavy atom. The van der Waals surface area contributed by atoms with Gasteiger partial charge in [0.05, 0.1) is 19.6 Å². The second-order valence-corrected chi connectivity index (χ2v) is 4.48. The van der Waals surface area contributed by atoms with Crippen molar-refractivity contribution in [3.8, 4) is 0 Å². The van der Waals surface area contributed by atoms with Crippen molar-refractivity contribution in [3.63, 3.8) is 0 Å². The maximum absolute atomic E-state index is 12.1. The summed E-state index contributed by atoms with van der Waals surface area (Å²) in [5.41, 5.74) is 1.50. The first-order chi connectivity index (χ1) is 9.13. The highest BCUT2D eigenvalue weighted by molar-refractivity contribution is 5.96. The molecule has 0 fully saturated rings. The quantitative estimate of drug-likeness (QED) is 0.837. The van der Waals surface area contributed by atoms with Crippen molar-refractivity contribution < 1.29 is 19.4 Å². The summed E-state index contributed by atoms with van der Waals surface area (Å²) in [5.74, 6) is -0.511. The highest BCUT2D eigenvalue weighted by Crippen LogP contribution is 2.33. The Labute approximate surface area is 111 Å². The summed E-state index contributed by atoms with van der Waals surface area (Å²) in [4.78, 5) is 24.8. The lowest BCUT2D eigenvalue weighted by molar-refractivity contribution is -0.141. The zero-order valence-electron chi connectivity index (χ0n) is 10.8. The number of aliphatic hydroxyl groups excluding tert-OH is 1. The Balaban J connectivity index is 2.11. The van der Waals surface area contributed by atoms with Gasteiger partial charge in [-0.05, 0) is 12.5 Å². The average molecular weight is 263 g/mol. The molecule has 0 radical (unpaired) electrons. The van der Waals surface area contributed by atoms with Crippen LogP contribution < -0.4 is 4.90 Å². The van der Waals surface area contributed by atoms with E-state index in [0.717, 1.165) is 11.3 Å². The van der Waals surface area contributed by atoms with Crippen LogP contribution in [0.1, 0.15) is 30.9 Å². The van der Waals surface area contributed by atoms with E-state index in [9.17, 15) is 14.7 Å². The highest BCUT2D eigenvalue weighted by atomic mass is 16.5. The predicted octanol–water partition coefficient (Wildman–Crippen LogP) is 1.41. The number of anilines is 1. The summed E-state index contributed by atoms with van der Waals surface area (Å²) in [7, 11) is 1.30. The first-order valence-electron chi connectivity index (χ1n) is 6.27. The molecule has 1 atom stereocenters. The van der Waals surface area contributed by atoms with Crippen LogP contribution in [-0.4, -0.2) is 30.6 Å². The van der Waals surface area contributed by atoms with E-state index < -0.39 is 12.1 Å². The molecule has 0 saturated carbocycles. The van der Waals surface area contributed by atoms with Gasteiger partial charge in [0.1, 0.15) is 0 Å². The molecular formula is C14H17NO4. The minimum absolute atomic E-state index is 0.0799. The maximum atomic E-state index is 12.1. The van der Waals surface area contributed by atoms with Crippen LogP contribution in [0.25, 0.3) is 0 Å². The normalized spacial score (nSPS) is 17.8. The van der Waals surface area contributed by atoms with E-state index in [2.05, 4.69) is 4.74 Å². The Morgan fingerprint density at radius 1 is 1.37 bits per heavy atom. The van der Waals surface area contributed by atoms with Gasteiger partial charge in [0.15, 0.2) is 0 Å². The number of hydrogen-bond donors (Lipinski definition) is 1. The van der Waals surface area contributed by atoms with Gasteiger partial charge in [0, 0.05) is 24.2 Å². The number of aliphatic hydroxyl groups is 1. The van der Waals surface area contributed by atoms with E-state index in [1.165, 1.54) is 7.11 Å². The van der Waals surface area contributed by atoms with E-state index >= 15 is 0 Å². The first-order valence-corrected chi connectivity index (χ1v) is 6.27. The van der Waals surface area contributed by atoms with Gasteiger partial charge in [-0.3, -0.25) is 9.59 Å². The second-order valence-electron chi connectivity index (χ2n) is 4.48. The zero-order chi connectivity index (χ0) is 13.8. The third kappa shape index (κ3) is 2.93. The number of benzene rings is 1. The lowest BCUT2D eigenvalue weighted by Crippen LogP contribution is -2.36. The Kier molecular flexibility index (Phi) is 4.16. The summed E-state index contributed by atoms with van der Waals surface area (Å²) in [6, 6.07) is 7.30. The van der Waals surface area contributed by atoms with Crippen LogP contribution >= 0.6 is 0 Å². The van der Waals surface area contributed by atoms with Crippen molar-refractivity contribution in [1.82, 2.24) is 0 Å². The van der Waals surface area contributed by atoms with Crippen LogP contribution in [0.3, 0.4) is 0 Å². The Morgan fingerprint density at radius 2 is 2.11 bits per heavy atom. The molecule has 0 aromatic heterocycles. The van der Waals surface area contributed by atoms with E-state index in [1.54, 1.807) is 4.90 Å². The highest BCUT2D eigenvalue weighted by Gasteiger charge is 2.27. The molecular weight excluding hydrogens is 246 g/mol. The summed E-state index contributed by atoms with van der Waals surface area (Å²) in [6.07, 6.45) is 0.190. The molecule has 2 rings (SSSR count). The number of nitrogens with zero attached hydrogens (tertiary/aromatic N) is 1. The van der Waals surface area contributed by atoms with Gasteiger partial charge in [-0.1, -0.05) is 18.2 Å². The van der Waals surface area contributed by atoms with E-state index in [-0.39, 0.29) is 18.7 Å². The van der Waals surface area contributed by atoms with Crippen molar-refractivity contribution in [2.24, 2.45) is 0 Å². The van der Waals surface area contributed by atoms with Crippen LogP contribution in [0, 0.1) is 0 Å². The molecule has 1 unspecified atom stereocenters. The number of carbonyl (C=O) groups excluding carboxylic acids is 2. The maximum Gasteiger partial charge on any atom is 0.306 e. The van der Waals surface area contributed by atoms with Crippen molar-refractivity contribution in [1.29, 1.82) is 0 Å². The topological polar surface area (TPSA) is 66.8 Å². The number of amides is 1. The van der Waals surface area contributed by atoms with Crippen LogP contribution in [0.2, 0.25) is 0 Å². The minimum Gasteiger partial charge on any atom is -0.469 e. The number of ether oxygens (including phenoxy) is 1. The molecule has 0 saturated heterocycles. The molecule has 5 nitrogen and oxygen atoms in total. The second kappa shape index (κ2) is 5.84. The largest absolute Gasteiger partial charge is 0.469 e. The molecule has 102 valence electrons. The van der Waals surface area contributed by atoms with Crippen LogP contribution in [0.4, 0.5) is 5.69 Å². The standard InChI is InChI=1S/C14H17NO4/c1-19-14(18)7-6-13(17)15-9-8-12(16)10-4-2-3-5-11(10)15/h2-5,12,16H,6-9H2,1H3. The number of hydrogen-bond acceptors (Lipinski definition) is 4. The van der Waals surface area contributed by atoms with Gasteiger partial charge in [-0.25, -0.2) is 0 Å². The third-order valence-electron chi connectivity index (χ3n) is 3.28. The molecule has 1 aromatic carbocycles. The predicted molar refractivity (Wildman–Crippen MR) is 69.6 cm³/mol. The van der Waals surface area contributed by atoms with E-state index in [1.807, 2.05) is 24.3 Å². The molecule has 1 amide bonds. The molecule has 1 N–H and O–H groups in total. The molecule has 0 aliphatic carbocycles. The van der Waals surface area contributed by atoms with Crippen LogP contribution in [0.15, 0.2) is 24.3 Å². The minimum atomic E-state index is -0.527. The fourth-order valence-electron chi connectivity index (χ4n) is 2.25. The lowest BCUT2D eigenvalue weighted by atomic mass is 9.98. The van der Waals surface area contributed by atoms with Gasteiger partial charge in [0.2, 0.25) is 5.91 Å². The number of rotatable bonds is 3. The number of carbonyl (C=O) groups is 2. The summed E-state index contributed by atoms with van der Waals surface area (Å²) in [6.45, 7) is 0.470. The molecule has 1 aromatic rings. The first kappa shape index (κ1) is 13.5. The van der Waals surface area contributed by atoms with Gasteiger partial charge in [0.25, 0.3) is 0 Å². The van der Waals surface area contributed by atoms with Crippen molar-refractivity contribution >= 4 is 17.6 Å². The van der Waals surface area contributed by atoms with Gasteiger partial charge in [-0.15, -0.1) is 0 Å². The number of fused-ring (bicyclic) bond motifs is 1. The van der Waals surface area contributed by atoms with Crippen LogP contribution in [0.5, 0.6) is 0 Å². The van der Waals surface area contributed by atoms with Crippen molar-refractivity contribution in [2.75, 3.05) is 18.6 Å². The number of esters is 1. The fraction of sp³-hybridized carbons (Fsp3) is 0.429. The lowest BCUT2D eigenvalue weighted by Gasteiger charge is -2.32. The fourth-order valence-corrected chi connectivity index (χ4v) is 2.25. The van der Waals surface area contributed by atoms with Gasteiger partial charge >= 0.3 is 5.97 Å².